The van der Waals surface area contributed by atoms with Gasteiger partial charge in [-0.05, 0) is 46.6 Å². The van der Waals surface area contributed by atoms with Crippen LogP contribution < -0.4 is 0 Å². The standard InChI is InChI=1S/C23H19F/c24-20-14-12-19(13-15-20)23-21(16-11-17-7-3-1-4-8-17)22(23)18-9-5-2-6-10-18/h1-16,21-23H/b16-11+/t21-,22-,23+/m1/s1. The number of hydrogen-bond donors (Lipinski definition) is 0. The second kappa shape index (κ2) is 6.45. The van der Waals surface area contributed by atoms with Crippen LogP contribution >= 0.6 is 0 Å². The van der Waals surface area contributed by atoms with Crippen LogP contribution in [0.25, 0.3) is 6.08 Å². The van der Waals surface area contributed by atoms with Crippen molar-refractivity contribution in [3.63, 3.8) is 0 Å². The summed E-state index contributed by atoms with van der Waals surface area (Å²) in [5.41, 5.74) is 3.79. The first-order valence-corrected chi connectivity index (χ1v) is 8.36. The molecule has 1 aliphatic rings. The Hall–Kier alpha value is -2.67. The molecule has 0 bridgehead atoms. The first-order chi connectivity index (χ1) is 11.8. The quantitative estimate of drug-likeness (QED) is 0.551. The van der Waals surface area contributed by atoms with Crippen molar-refractivity contribution in [3.8, 4) is 0 Å². The summed E-state index contributed by atoms with van der Waals surface area (Å²) in [7, 11) is 0. The molecule has 4 rings (SSSR count). The van der Waals surface area contributed by atoms with E-state index in [0.717, 1.165) is 0 Å². The molecule has 0 unspecified atom stereocenters. The van der Waals surface area contributed by atoms with E-state index in [-0.39, 0.29) is 5.82 Å². The topological polar surface area (TPSA) is 0 Å². The molecule has 1 fully saturated rings. The summed E-state index contributed by atoms with van der Waals surface area (Å²) in [6.07, 6.45) is 4.51. The molecule has 3 aromatic rings. The van der Waals surface area contributed by atoms with Gasteiger partial charge in [-0.1, -0.05) is 84.9 Å². The summed E-state index contributed by atoms with van der Waals surface area (Å²) in [6.45, 7) is 0. The molecule has 0 amide bonds. The number of rotatable bonds is 4. The highest BCUT2D eigenvalue weighted by molar-refractivity contribution is 5.53. The Morgan fingerprint density at radius 1 is 0.625 bits per heavy atom. The van der Waals surface area contributed by atoms with E-state index in [1.54, 1.807) is 12.1 Å². The van der Waals surface area contributed by atoms with E-state index in [1.807, 2.05) is 24.3 Å². The van der Waals surface area contributed by atoms with Crippen LogP contribution in [0.2, 0.25) is 0 Å². The molecular formula is C23H19F. The highest BCUT2D eigenvalue weighted by Gasteiger charge is 2.49. The maximum Gasteiger partial charge on any atom is 0.123 e. The van der Waals surface area contributed by atoms with E-state index in [2.05, 4.69) is 60.7 Å². The lowest BCUT2D eigenvalue weighted by atomic mass is 10.0. The zero-order valence-corrected chi connectivity index (χ0v) is 13.3. The smallest absolute Gasteiger partial charge is 0.123 e. The summed E-state index contributed by atoms with van der Waals surface area (Å²) in [6, 6.07) is 28.0. The van der Waals surface area contributed by atoms with E-state index >= 15 is 0 Å². The molecule has 1 saturated carbocycles. The Labute approximate surface area is 142 Å². The summed E-state index contributed by atoms with van der Waals surface area (Å²) in [5.74, 6) is 1.18. The Morgan fingerprint density at radius 3 is 1.79 bits per heavy atom. The van der Waals surface area contributed by atoms with Crippen LogP contribution in [0.3, 0.4) is 0 Å². The second-order valence-electron chi connectivity index (χ2n) is 6.36. The maximum atomic E-state index is 13.2. The molecule has 0 radical (unpaired) electrons. The van der Waals surface area contributed by atoms with Crippen LogP contribution in [0.4, 0.5) is 4.39 Å². The summed E-state index contributed by atoms with van der Waals surface area (Å²) >= 11 is 0. The minimum absolute atomic E-state index is 0.174. The number of hydrogen-bond acceptors (Lipinski definition) is 0. The highest BCUT2D eigenvalue weighted by Crippen LogP contribution is 2.61. The van der Waals surface area contributed by atoms with Gasteiger partial charge in [-0.25, -0.2) is 4.39 Å². The Balaban J connectivity index is 1.62. The van der Waals surface area contributed by atoms with Crippen molar-refractivity contribution < 1.29 is 4.39 Å². The van der Waals surface area contributed by atoms with Crippen LogP contribution in [0.15, 0.2) is 91.0 Å². The normalized spacial score (nSPS) is 22.6. The van der Waals surface area contributed by atoms with Crippen LogP contribution in [-0.2, 0) is 0 Å². The molecule has 0 spiro atoms. The monoisotopic (exact) mass is 314 g/mol. The summed E-state index contributed by atoms with van der Waals surface area (Å²) < 4.78 is 13.2. The summed E-state index contributed by atoms with van der Waals surface area (Å²) in [5, 5.41) is 0. The molecule has 0 aliphatic heterocycles. The van der Waals surface area contributed by atoms with Gasteiger partial charge in [-0.2, -0.15) is 0 Å². The van der Waals surface area contributed by atoms with Crippen molar-refractivity contribution in [2.75, 3.05) is 0 Å². The Bertz CT molecular complexity index is 819. The van der Waals surface area contributed by atoms with Gasteiger partial charge in [-0.15, -0.1) is 0 Å². The molecule has 0 N–H and O–H groups in total. The average molecular weight is 314 g/mol. The minimum atomic E-state index is -0.174. The molecule has 0 aromatic heterocycles. The number of allylic oxidation sites excluding steroid dienone is 1. The molecule has 1 heteroatoms. The lowest BCUT2D eigenvalue weighted by Gasteiger charge is -2.00. The van der Waals surface area contributed by atoms with Crippen LogP contribution in [0.5, 0.6) is 0 Å². The van der Waals surface area contributed by atoms with E-state index in [0.29, 0.717) is 17.8 Å². The third-order valence-corrected chi connectivity index (χ3v) is 4.83. The number of halogens is 1. The SMILES string of the molecule is Fc1ccc([C@H]2[C@H](/C=C/c3ccccc3)[C@H]2c2ccccc2)cc1. The van der Waals surface area contributed by atoms with Gasteiger partial charge in [0.25, 0.3) is 0 Å². The predicted molar refractivity (Wildman–Crippen MR) is 97.3 cm³/mol. The molecular weight excluding hydrogens is 295 g/mol. The molecule has 3 aromatic carbocycles. The van der Waals surface area contributed by atoms with Crippen LogP contribution in [0.1, 0.15) is 28.5 Å². The van der Waals surface area contributed by atoms with Crippen molar-refractivity contribution in [1.82, 2.24) is 0 Å². The van der Waals surface area contributed by atoms with Gasteiger partial charge in [-0.3, -0.25) is 0 Å². The second-order valence-corrected chi connectivity index (χ2v) is 6.36. The van der Waals surface area contributed by atoms with Gasteiger partial charge >= 0.3 is 0 Å². The van der Waals surface area contributed by atoms with Gasteiger partial charge in [0.2, 0.25) is 0 Å². The third kappa shape index (κ3) is 3.03. The molecule has 0 nitrogen and oxygen atoms in total. The third-order valence-electron chi connectivity index (χ3n) is 4.83. The molecule has 1 aliphatic carbocycles. The van der Waals surface area contributed by atoms with Crippen LogP contribution in [0, 0.1) is 11.7 Å². The Morgan fingerprint density at radius 2 is 1.17 bits per heavy atom. The lowest BCUT2D eigenvalue weighted by Crippen LogP contribution is -1.84. The predicted octanol–water partition coefficient (Wildman–Crippen LogP) is 6.04. The molecule has 24 heavy (non-hydrogen) atoms. The fourth-order valence-corrected chi connectivity index (χ4v) is 3.58. The van der Waals surface area contributed by atoms with E-state index < -0.39 is 0 Å². The fraction of sp³-hybridized carbons (Fsp3) is 0.130. The van der Waals surface area contributed by atoms with Gasteiger partial charge < -0.3 is 0 Å². The Kier molecular flexibility index (Phi) is 4.00. The van der Waals surface area contributed by atoms with Gasteiger partial charge in [0.05, 0.1) is 0 Å². The largest absolute Gasteiger partial charge is 0.207 e. The highest BCUT2D eigenvalue weighted by atomic mass is 19.1. The molecule has 3 atom stereocenters. The number of benzene rings is 3. The lowest BCUT2D eigenvalue weighted by molar-refractivity contribution is 0.627. The molecule has 0 heterocycles. The first kappa shape index (κ1) is 14.9. The summed E-state index contributed by atoms with van der Waals surface area (Å²) in [4.78, 5) is 0. The van der Waals surface area contributed by atoms with Crippen molar-refractivity contribution in [2.45, 2.75) is 11.8 Å². The molecule has 118 valence electrons. The maximum absolute atomic E-state index is 13.2. The zero-order valence-electron chi connectivity index (χ0n) is 13.3. The first-order valence-electron chi connectivity index (χ1n) is 8.36. The van der Waals surface area contributed by atoms with Crippen molar-refractivity contribution in [1.29, 1.82) is 0 Å². The van der Waals surface area contributed by atoms with Crippen LogP contribution in [-0.4, -0.2) is 0 Å². The van der Waals surface area contributed by atoms with E-state index in [9.17, 15) is 4.39 Å². The van der Waals surface area contributed by atoms with E-state index in [4.69, 9.17) is 0 Å². The average Bonchev–Trinajstić information content (AvgIpc) is 3.36. The molecule has 0 saturated heterocycles. The van der Waals surface area contributed by atoms with Gasteiger partial charge in [0.1, 0.15) is 5.82 Å². The van der Waals surface area contributed by atoms with Crippen molar-refractivity contribution in [3.05, 3.63) is 114 Å². The fourth-order valence-electron chi connectivity index (χ4n) is 3.58. The van der Waals surface area contributed by atoms with Gasteiger partial charge in [0.15, 0.2) is 0 Å². The zero-order chi connectivity index (χ0) is 16.4. The minimum Gasteiger partial charge on any atom is -0.207 e. The van der Waals surface area contributed by atoms with Crippen molar-refractivity contribution in [2.24, 2.45) is 5.92 Å². The van der Waals surface area contributed by atoms with E-state index in [1.165, 1.54) is 16.7 Å². The van der Waals surface area contributed by atoms with Gasteiger partial charge in [0, 0.05) is 0 Å². The van der Waals surface area contributed by atoms with Crippen molar-refractivity contribution >= 4 is 6.08 Å².